The molecule has 134 valence electrons. The molecule has 2 rings (SSSR count). The molecule has 0 atom stereocenters. The Morgan fingerprint density at radius 3 is 2.56 bits per heavy atom. The third kappa shape index (κ3) is 5.94. The molecule has 0 saturated heterocycles. The van der Waals surface area contributed by atoms with Crippen molar-refractivity contribution in [3.8, 4) is 6.07 Å². The number of hydrogen-bond donors (Lipinski definition) is 1. The van der Waals surface area contributed by atoms with Crippen molar-refractivity contribution in [1.82, 2.24) is 4.90 Å². The highest BCUT2D eigenvalue weighted by molar-refractivity contribution is 6.06. The normalized spacial score (nSPS) is 15.5. The van der Waals surface area contributed by atoms with Crippen molar-refractivity contribution >= 4 is 11.6 Å². The van der Waals surface area contributed by atoms with Crippen LogP contribution in [-0.2, 0) is 11.2 Å². The van der Waals surface area contributed by atoms with E-state index in [2.05, 4.69) is 12.2 Å². The molecule has 0 aliphatic heterocycles. The van der Waals surface area contributed by atoms with Gasteiger partial charge in [0.2, 0.25) is 0 Å². The predicted molar refractivity (Wildman–Crippen MR) is 102 cm³/mol. The van der Waals surface area contributed by atoms with Crippen LogP contribution in [0.15, 0.2) is 36.0 Å². The minimum atomic E-state index is -0.341. The Bertz CT molecular complexity index is 622. The molecule has 4 heteroatoms. The first-order valence-corrected chi connectivity index (χ1v) is 9.38. The zero-order valence-electron chi connectivity index (χ0n) is 15.4. The second-order valence-electron chi connectivity index (χ2n) is 6.87. The van der Waals surface area contributed by atoms with Crippen molar-refractivity contribution < 1.29 is 4.79 Å². The first-order valence-electron chi connectivity index (χ1n) is 9.38. The minimum absolute atomic E-state index is 0.156. The van der Waals surface area contributed by atoms with Gasteiger partial charge in [-0.15, -0.1) is 0 Å². The van der Waals surface area contributed by atoms with E-state index >= 15 is 0 Å². The molecule has 1 aliphatic carbocycles. The lowest BCUT2D eigenvalue weighted by atomic mass is 9.94. The summed E-state index contributed by atoms with van der Waals surface area (Å²) in [5.41, 5.74) is 2.16. The smallest absolute Gasteiger partial charge is 0.267 e. The molecule has 4 nitrogen and oxygen atoms in total. The summed E-state index contributed by atoms with van der Waals surface area (Å²) in [6.45, 7) is 2.18. The number of rotatable bonds is 7. The first kappa shape index (κ1) is 19.1. The molecule has 0 unspecified atom stereocenters. The Morgan fingerprint density at radius 1 is 1.28 bits per heavy atom. The average molecular weight is 339 g/mol. The number of amides is 1. The van der Waals surface area contributed by atoms with E-state index in [1.54, 1.807) is 6.20 Å². The molecule has 1 saturated carbocycles. The Morgan fingerprint density at radius 2 is 1.96 bits per heavy atom. The lowest BCUT2D eigenvalue weighted by Crippen LogP contribution is -2.30. The molecule has 0 bridgehead atoms. The van der Waals surface area contributed by atoms with Gasteiger partial charge in [-0.05, 0) is 43.4 Å². The van der Waals surface area contributed by atoms with Crippen molar-refractivity contribution in [1.29, 1.82) is 5.26 Å². The Labute approximate surface area is 151 Å². The number of anilines is 1. The Balaban J connectivity index is 1.97. The van der Waals surface area contributed by atoms with Crippen molar-refractivity contribution in [2.45, 2.75) is 64.3 Å². The van der Waals surface area contributed by atoms with Crippen LogP contribution in [0, 0.1) is 11.3 Å². The number of benzene rings is 1. The number of nitrogens with zero attached hydrogens (tertiary/aromatic N) is 2. The monoisotopic (exact) mass is 339 g/mol. The van der Waals surface area contributed by atoms with Crippen LogP contribution < -0.4 is 5.32 Å². The van der Waals surface area contributed by atoms with Gasteiger partial charge in [0, 0.05) is 25.0 Å². The SMILES string of the molecule is CCCCc1ccc(NC(=O)/C(C#N)=C\N(C)C2CCCCC2)cc1. The van der Waals surface area contributed by atoms with E-state index in [1.165, 1.54) is 37.7 Å². The molecule has 1 amide bonds. The fourth-order valence-electron chi connectivity index (χ4n) is 3.27. The summed E-state index contributed by atoms with van der Waals surface area (Å²) in [7, 11) is 1.96. The van der Waals surface area contributed by atoms with Crippen LogP contribution in [0.25, 0.3) is 0 Å². The van der Waals surface area contributed by atoms with E-state index in [1.807, 2.05) is 42.3 Å². The standard InChI is InChI=1S/C21H29N3O/c1-3-4-8-17-11-13-19(14-12-17)23-21(25)18(15-22)16-24(2)20-9-6-5-7-10-20/h11-14,16,20H,3-10H2,1-2H3,(H,23,25)/b18-16-. The summed E-state index contributed by atoms with van der Waals surface area (Å²) in [6, 6.07) is 10.4. The minimum Gasteiger partial charge on any atom is -0.376 e. The molecule has 25 heavy (non-hydrogen) atoms. The molecule has 0 radical (unpaired) electrons. The molecule has 1 aromatic rings. The van der Waals surface area contributed by atoms with Gasteiger partial charge in [-0.1, -0.05) is 44.7 Å². The summed E-state index contributed by atoms with van der Waals surface area (Å²) in [5.74, 6) is -0.341. The van der Waals surface area contributed by atoms with Crippen LogP contribution in [0.2, 0.25) is 0 Å². The van der Waals surface area contributed by atoms with E-state index in [0.29, 0.717) is 6.04 Å². The molecular weight excluding hydrogens is 310 g/mol. The Kier molecular flexibility index (Phi) is 7.53. The zero-order valence-corrected chi connectivity index (χ0v) is 15.4. The number of nitriles is 1. The molecule has 0 heterocycles. The van der Waals surface area contributed by atoms with E-state index in [0.717, 1.165) is 24.9 Å². The van der Waals surface area contributed by atoms with Gasteiger partial charge in [-0.2, -0.15) is 5.26 Å². The lowest BCUT2D eigenvalue weighted by molar-refractivity contribution is -0.112. The third-order valence-corrected chi connectivity index (χ3v) is 4.88. The molecular formula is C21H29N3O. The number of carbonyl (C=O) groups is 1. The number of nitrogens with one attached hydrogen (secondary N) is 1. The maximum absolute atomic E-state index is 12.4. The van der Waals surface area contributed by atoms with Gasteiger partial charge in [0.15, 0.2) is 0 Å². The maximum atomic E-state index is 12.4. The summed E-state index contributed by atoms with van der Waals surface area (Å²) in [5, 5.41) is 12.2. The van der Waals surface area contributed by atoms with Crippen LogP contribution in [0.5, 0.6) is 0 Å². The fourth-order valence-corrected chi connectivity index (χ4v) is 3.27. The predicted octanol–water partition coefficient (Wildman–Crippen LogP) is 4.64. The van der Waals surface area contributed by atoms with E-state index < -0.39 is 0 Å². The highest BCUT2D eigenvalue weighted by atomic mass is 16.1. The Hall–Kier alpha value is -2.28. The maximum Gasteiger partial charge on any atom is 0.267 e. The van der Waals surface area contributed by atoms with Gasteiger partial charge >= 0.3 is 0 Å². The average Bonchev–Trinajstić information content (AvgIpc) is 2.66. The van der Waals surface area contributed by atoms with Crippen LogP contribution >= 0.6 is 0 Å². The summed E-state index contributed by atoms with van der Waals surface area (Å²) in [4.78, 5) is 14.4. The van der Waals surface area contributed by atoms with Gasteiger partial charge < -0.3 is 10.2 Å². The van der Waals surface area contributed by atoms with Crippen LogP contribution in [0.1, 0.15) is 57.4 Å². The molecule has 1 aromatic carbocycles. The topological polar surface area (TPSA) is 56.1 Å². The van der Waals surface area contributed by atoms with Gasteiger partial charge in [0.25, 0.3) is 5.91 Å². The van der Waals surface area contributed by atoms with Crippen LogP contribution in [0.3, 0.4) is 0 Å². The first-order chi connectivity index (χ1) is 12.1. The van der Waals surface area contributed by atoms with E-state index in [4.69, 9.17) is 0 Å². The number of aryl methyl sites for hydroxylation is 1. The van der Waals surface area contributed by atoms with Crippen LogP contribution in [0.4, 0.5) is 5.69 Å². The van der Waals surface area contributed by atoms with Crippen molar-refractivity contribution in [3.63, 3.8) is 0 Å². The van der Waals surface area contributed by atoms with E-state index in [9.17, 15) is 10.1 Å². The van der Waals surface area contributed by atoms with Crippen LogP contribution in [-0.4, -0.2) is 23.9 Å². The largest absolute Gasteiger partial charge is 0.376 e. The van der Waals surface area contributed by atoms with Gasteiger partial charge in [0.05, 0.1) is 0 Å². The number of unbranched alkanes of at least 4 members (excludes halogenated alkanes) is 1. The second-order valence-corrected chi connectivity index (χ2v) is 6.87. The van der Waals surface area contributed by atoms with E-state index in [-0.39, 0.29) is 11.5 Å². The number of carbonyl (C=O) groups excluding carboxylic acids is 1. The highest BCUT2D eigenvalue weighted by Gasteiger charge is 2.18. The summed E-state index contributed by atoms with van der Waals surface area (Å²) < 4.78 is 0. The zero-order chi connectivity index (χ0) is 18.1. The van der Waals surface area contributed by atoms with Gasteiger partial charge in [-0.3, -0.25) is 4.79 Å². The van der Waals surface area contributed by atoms with Gasteiger partial charge in [-0.25, -0.2) is 0 Å². The van der Waals surface area contributed by atoms with Crippen molar-refractivity contribution in [3.05, 3.63) is 41.6 Å². The third-order valence-electron chi connectivity index (χ3n) is 4.88. The summed E-state index contributed by atoms with van der Waals surface area (Å²) in [6.07, 6.45) is 11.1. The lowest BCUT2D eigenvalue weighted by Gasteiger charge is -2.30. The molecule has 1 aliphatic rings. The second kappa shape index (κ2) is 9.88. The fraction of sp³-hybridized carbons (Fsp3) is 0.524. The molecule has 1 fully saturated rings. The number of hydrogen-bond acceptors (Lipinski definition) is 3. The molecule has 0 aromatic heterocycles. The molecule has 1 N–H and O–H groups in total. The van der Waals surface area contributed by atoms with Gasteiger partial charge in [0.1, 0.15) is 11.6 Å². The molecule has 0 spiro atoms. The van der Waals surface area contributed by atoms with Crippen molar-refractivity contribution in [2.75, 3.05) is 12.4 Å². The highest BCUT2D eigenvalue weighted by Crippen LogP contribution is 2.22. The quantitative estimate of drug-likeness (QED) is 0.581. The van der Waals surface area contributed by atoms with Crippen molar-refractivity contribution in [2.24, 2.45) is 0 Å². The summed E-state index contributed by atoms with van der Waals surface area (Å²) >= 11 is 0.